The highest BCUT2D eigenvalue weighted by molar-refractivity contribution is 5.92. The van der Waals surface area contributed by atoms with E-state index in [2.05, 4.69) is 10.1 Å². The summed E-state index contributed by atoms with van der Waals surface area (Å²) in [6.07, 6.45) is 1.13. The number of nitrogens with one attached hydrogen (secondary N) is 1. The van der Waals surface area contributed by atoms with Crippen molar-refractivity contribution in [2.24, 2.45) is 0 Å². The fourth-order valence-corrected chi connectivity index (χ4v) is 2.82. The van der Waals surface area contributed by atoms with Crippen LogP contribution in [0.25, 0.3) is 0 Å². The van der Waals surface area contributed by atoms with E-state index < -0.39 is 6.36 Å². The second kappa shape index (κ2) is 9.13. The molecule has 0 aliphatic heterocycles. The molecule has 1 fully saturated rings. The van der Waals surface area contributed by atoms with Crippen LogP contribution in [0.1, 0.15) is 32.1 Å². The van der Waals surface area contributed by atoms with Crippen molar-refractivity contribution in [3.05, 3.63) is 24.3 Å². The molecule has 1 aliphatic rings. The van der Waals surface area contributed by atoms with Crippen molar-refractivity contribution in [3.63, 3.8) is 0 Å². The molecular formula is C16H21ClF3N2O2-. The first-order chi connectivity index (χ1) is 10.8. The Kier molecular flexibility index (Phi) is 7.83. The summed E-state index contributed by atoms with van der Waals surface area (Å²) in [7, 11) is 1.93. The fraction of sp³-hybridized carbons (Fsp3) is 0.562. The molecule has 0 atom stereocenters. The lowest BCUT2D eigenvalue weighted by Gasteiger charge is -2.30. The van der Waals surface area contributed by atoms with Crippen molar-refractivity contribution in [2.75, 3.05) is 18.9 Å². The minimum absolute atomic E-state index is 0. The third-order valence-corrected chi connectivity index (χ3v) is 3.96. The number of hydrogen-bond acceptors (Lipinski definition) is 3. The Labute approximate surface area is 145 Å². The number of alkyl halides is 3. The van der Waals surface area contributed by atoms with Crippen molar-refractivity contribution in [1.82, 2.24) is 4.90 Å². The zero-order valence-corrected chi connectivity index (χ0v) is 14.2. The lowest BCUT2D eigenvalue weighted by atomic mass is 9.94. The van der Waals surface area contributed by atoms with Gasteiger partial charge in [0, 0.05) is 11.7 Å². The van der Waals surface area contributed by atoms with E-state index in [4.69, 9.17) is 0 Å². The van der Waals surface area contributed by atoms with E-state index in [-0.39, 0.29) is 30.6 Å². The Morgan fingerprint density at radius 2 is 1.79 bits per heavy atom. The lowest BCUT2D eigenvalue weighted by molar-refractivity contribution is -0.274. The van der Waals surface area contributed by atoms with Crippen LogP contribution in [-0.2, 0) is 4.79 Å². The molecular weight excluding hydrogens is 345 g/mol. The van der Waals surface area contributed by atoms with Gasteiger partial charge in [0.1, 0.15) is 5.75 Å². The van der Waals surface area contributed by atoms with Crippen molar-refractivity contribution < 1.29 is 35.1 Å². The highest BCUT2D eigenvalue weighted by Gasteiger charge is 2.31. The second-order valence-electron chi connectivity index (χ2n) is 5.83. The van der Waals surface area contributed by atoms with E-state index >= 15 is 0 Å². The Morgan fingerprint density at radius 3 is 2.33 bits per heavy atom. The first-order valence-electron chi connectivity index (χ1n) is 7.69. The highest BCUT2D eigenvalue weighted by atomic mass is 35.5. The van der Waals surface area contributed by atoms with Gasteiger partial charge in [-0.15, -0.1) is 13.2 Å². The summed E-state index contributed by atoms with van der Waals surface area (Å²) in [5.41, 5.74) is 0.446. The Balaban J connectivity index is 0.00000288. The van der Waals surface area contributed by atoms with Crippen LogP contribution in [-0.4, -0.2) is 36.8 Å². The monoisotopic (exact) mass is 365 g/mol. The van der Waals surface area contributed by atoms with Gasteiger partial charge in [0.2, 0.25) is 5.91 Å². The molecule has 1 saturated carbocycles. The molecule has 0 saturated heterocycles. The molecule has 0 spiro atoms. The van der Waals surface area contributed by atoms with Crippen molar-refractivity contribution in [2.45, 2.75) is 44.5 Å². The number of rotatable bonds is 5. The van der Waals surface area contributed by atoms with Gasteiger partial charge in [0.05, 0.1) is 6.54 Å². The lowest BCUT2D eigenvalue weighted by Crippen LogP contribution is -3.00. The van der Waals surface area contributed by atoms with E-state index in [1.807, 2.05) is 11.9 Å². The molecule has 0 radical (unpaired) electrons. The molecule has 1 aromatic rings. The summed E-state index contributed by atoms with van der Waals surface area (Å²) in [4.78, 5) is 14.1. The standard InChI is InChI=1S/C16H21F3N2O2.ClH/c1-21(13-5-3-2-4-6-13)11-15(22)20-12-7-9-14(10-8-12)23-16(17,18)19;/h7-10,13H,2-6,11H2,1H3,(H,20,22);1H/p-1. The highest BCUT2D eigenvalue weighted by Crippen LogP contribution is 2.24. The minimum atomic E-state index is -4.71. The number of anilines is 1. The van der Waals surface area contributed by atoms with Crippen LogP contribution >= 0.6 is 0 Å². The molecule has 8 heteroatoms. The van der Waals surface area contributed by atoms with Gasteiger partial charge in [-0.3, -0.25) is 9.69 Å². The van der Waals surface area contributed by atoms with E-state index in [1.54, 1.807) is 0 Å². The molecule has 1 aromatic carbocycles. The van der Waals surface area contributed by atoms with Crippen LogP contribution in [0.5, 0.6) is 5.75 Å². The van der Waals surface area contributed by atoms with Crippen LogP contribution < -0.4 is 22.5 Å². The molecule has 0 bridgehead atoms. The summed E-state index contributed by atoms with van der Waals surface area (Å²) in [5, 5.41) is 2.68. The average molecular weight is 366 g/mol. The van der Waals surface area contributed by atoms with Crippen molar-refractivity contribution in [3.8, 4) is 5.75 Å². The van der Waals surface area contributed by atoms with E-state index in [0.29, 0.717) is 11.7 Å². The van der Waals surface area contributed by atoms with Crippen LogP contribution in [0, 0.1) is 0 Å². The number of amides is 1. The first kappa shape index (κ1) is 20.6. The van der Waals surface area contributed by atoms with Gasteiger partial charge in [-0.05, 0) is 44.2 Å². The Hall–Kier alpha value is -1.47. The van der Waals surface area contributed by atoms with Gasteiger partial charge in [-0.1, -0.05) is 19.3 Å². The SMILES string of the molecule is CN(CC(=O)Nc1ccc(OC(F)(F)F)cc1)C1CCCCC1.[Cl-]. The van der Waals surface area contributed by atoms with E-state index in [0.717, 1.165) is 12.8 Å². The first-order valence-corrected chi connectivity index (χ1v) is 7.69. The normalized spacial score (nSPS) is 15.7. The number of hydrogen-bond donors (Lipinski definition) is 1. The zero-order valence-electron chi connectivity index (χ0n) is 13.4. The molecule has 0 aromatic heterocycles. The number of likely N-dealkylation sites (N-methyl/N-ethyl adjacent to an activating group) is 1. The molecule has 1 N–H and O–H groups in total. The Bertz CT molecular complexity index is 517. The molecule has 0 heterocycles. The zero-order chi connectivity index (χ0) is 16.9. The fourth-order valence-electron chi connectivity index (χ4n) is 2.82. The van der Waals surface area contributed by atoms with Gasteiger partial charge in [-0.25, -0.2) is 0 Å². The van der Waals surface area contributed by atoms with Gasteiger partial charge in [0.15, 0.2) is 0 Å². The number of ether oxygens (including phenoxy) is 1. The number of halogens is 4. The number of benzene rings is 1. The van der Waals surface area contributed by atoms with Crippen LogP contribution in [0.2, 0.25) is 0 Å². The number of carbonyl (C=O) groups is 1. The van der Waals surface area contributed by atoms with Crippen LogP contribution in [0.4, 0.5) is 18.9 Å². The predicted octanol–water partition coefficient (Wildman–Crippen LogP) is 0.792. The third-order valence-electron chi connectivity index (χ3n) is 3.96. The summed E-state index contributed by atoms with van der Waals surface area (Å²) in [6, 6.07) is 5.55. The van der Waals surface area contributed by atoms with Gasteiger partial charge in [0.25, 0.3) is 0 Å². The topological polar surface area (TPSA) is 41.6 Å². The minimum Gasteiger partial charge on any atom is -1.00 e. The van der Waals surface area contributed by atoms with Gasteiger partial charge >= 0.3 is 6.36 Å². The van der Waals surface area contributed by atoms with Crippen LogP contribution in [0.15, 0.2) is 24.3 Å². The summed E-state index contributed by atoms with van der Waals surface area (Å²) >= 11 is 0. The molecule has 136 valence electrons. The largest absolute Gasteiger partial charge is 1.00 e. The summed E-state index contributed by atoms with van der Waals surface area (Å²) in [5.74, 6) is -0.489. The smallest absolute Gasteiger partial charge is 0.573 e. The number of carbonyl (C=O) groups excluding carboxylic acids is 1. The molecule has 0 unspecified atom stereocenters. The molecule has 1 amide bonds. The third kappa shape index (κ3) is 6.97. The maximum absolute atomic E-state index is 12.1. The Morgan fingerprint density at radius 1 is 1.21 bits per heavy atom. The van der Waals surface area contributed by atoms with Crippen molar-refractivity contribution >= 4 is 11.6 Å². The maximum Gasteiger partial charge on any atom is 0.573 e. The average Bonchev–Trinajstić information content (AvgIpc) is 2.48. The maximum atomic E-state index is 12.1. The molecule has 4 nitrogen and oxygen atoms in total. The van der Waals surface area contributed by atoms with E-state index in [9.17, 15) is 18.0 Å². The second-order valence-corrected chi connectivity index (χ2v) is 5.83. The van der Waals surface area contributed by atoms with Gasteiger partial charge in [-0.2, -0.15) is 0 Å². The summed E-state index contributed by atoms with van der Waals surface area (Å²) < 4.78 is 40.0. The molecule has 24 heavy (non-hydrogen) atoms. The molecule has 2 rings (SSSR count). The number of nitrogens with zero attached hydrogens (tertiary/aromatic N) is 1. The quantitative estimate of drug-likeness (QED) is 0.839. The predicted molar refractivity (Wildman–Crippen MR) is 81.3 cm³/mol. The van der Waals surface area contributed by atoms with Crippen LogP contribution in [0.3, 0.4) is 0 Å². The summed E-state index contributed by atoms with van der Waals surface area (Å²) in [6.45, 7) is 0.269. The molecule has 1 aliphatic carbocycles. The van der Waals surface area contributed by atoms with Gasteiger partial charge < -0.3 is 22.5 Å². The van der Waals surface area contributed by atoms with Crippen molar-refractivity contribution in [1.29, 1.82) is 0 Å². The van der Waals surface area contributed by atoms with E-state index in [1.165, 1.54) is 43.5 Å².